The predicted octanol–water partition coefficient (Wildman–Crippen LogP) is 5.78. The third kappa shape index (κ3) is 10.1. The Morgan fingerprint density at radius 3 is 1.62 bits per heavy atom. The molecule has 0 saturated carbocycles. The molecule has 42 heavy (non-hydrogen) atoms. The van der Waals surface area contributed by atoms with Gasteiger partial charge in [-0.25, -0.2) is 14.4 Å². The van der Waals surface area contributed by atoms with E-state index in [1.165, 1.54) is 30.3 Å². The lowest BCUT2D eigenvalue weighted by molar-refractivity contribution is -0.139. The first-order chi connectivity index (χ1) is 20.2. The van der Waals surface area contributed by atoms with Crippen LogP contribution in [-0.4, -0.2) is 43.0 Å². The molecule has 0 aromatic heterocycles. The Kier molecular flexibility index (Phi) is 11.6. The molecule has 0 N–H and O–H groups in total. The van der Waals surface area contributed by atoms with Gasteiger partial charge in [0, 0.05) is 12.5 Å². The summed E-state index contributed by atoms with van der Waals surface area (Å²) < 4.78 is 27.1. The topological polar surface area (TPSA) is 114 Å². The van der Waals surface area contributed by atoms with Crippen LogP contribution in [0.5, 0.6) is 23.0 Å². The van der Waals surface area contributed by atoms with Gasteiger partial charge in [0.2, 0.25) is 0 Å². The summed E-state index contributed by atoms with van der Waals surface area (Å²) in [6.07, 6.45) is 2.35. The van der Waals surface area contributed by atoms with Crippen LogP contribution in [0, 0.1) is 5.92 Å². The molecule has 0 saturated heterocycles. The van der Waals surface area contributed by atoms with Gasteiger partial charge in [-0.1, -0.05) is 20.1 Å². The van der Waals surface area contributed by atoms with E-state index in [9.17, 15) is 19.2 Å². The van der Waals surface area contributed by atoms with Crippen LogP contribution in [0.1, 0.15) is 41.0 Å². The molecule has 3 aromatic carbocycles. The highest BCUT2D eigenvalue weighted by molar-refractivity contribution is 5.95. The zero-order valence-corrected chi connectivity index (χ0v) is 23.4. The summed E-state index contributed by atoms with van der Waals surface area (Å²) in [6.45, 7) is 10.9. The summed E-state index contributed by atoms with van der Waals surface area (Å²) in [4.78, 5) is 47.7. The van der Waals surface area contributed by atoms with E-state index in [0.717, 1.165) is 6.08 Å². The molecule has 0 spiro atoms. The third-order valence-electron chi connectivity index (χ3n) is 5.70. The maximum Gasteiger partial charge on any atom is 0.343 e. The number of benzene rings is 3. The summed E-state index contributed by atoms with van der Waals surface area (Å²) in [5.74, 6) is -0.0163. The van der Waals surface area contributed by atoms with E-state index < -0.39 is 17.9 Å². The molecule has 0 bridgehead atoms. The number of ether oxygens (including phenoxy) is 5. The molecule has 3 aromatic rings. The van der Waals surface area contributed by atoms with Crippen LogP contribution in [-0.2, 0) is 14.3 Å². The summed E-state index contributed by atoms with van der Waals surface area (Å²) in [7, 11) is 0. The molecule has 0 heterocycles. The molecule has 9 heteroatoms. The molecule has 2 unspecified atom stereocenters. The van der Waals surface area contributed by atoms with Crippen LogP contribution in [0.15, 0.2) is 98.1 Å². The summed E-state index contributed by atoms with van der Waals surface area (Å²) in [5.41, 5.74) is 0.497. The number of carbonyl (C=O) groups excluding carboxylic acids is 4. The van der Waals surface area contributed by atoms with Gasteiger partial charge in [-0.05, 0) is 91.7 Å². The molecular formula is C33H32O9. The quantitative estimate of drug-likeness (QED) is 0.127. The molecule has 0 aliphatic heterocycles. The van der Waals surface area contributed by atoms with Crippen LogP contribution in [0.2, 0.25) is 0 Å². The fraction of sp³-hybridized carbons (Fsp3) is 0.212. The summed E-state index contributed by atoms with van der Waals surface area (Å²) >= 11 is 0. The third-order valence-corrected chi connectivity index (χ3v) is 5.70. The van der Waals surface area contributed by atoms with Gasteiger partial charge < -0.3 is 23.7 Å². The van der Waals surface area contributed by atoms with Crippen LogP contribution >= 0.6 is 0 Å². The number of allylic oxidation sites excluding steroid dienone is 1. The minimum atomic E-state index is -0.605. The molecular weight excluding hydrogens is 540 g/mol. The number of carbonyl (C=O) groups is 4. The van der Waals surface area contributed by atoms with Crippen molar-refractivity contribution in [1.82, 2.24) is 0 Å². The second kappa shape index (κ2) is 15.6. The van der Waals surface area contributed by atoms with Crippen LogP contribution in [0.25, 0.3) is 0 Å². The fourth-order valence-corrected chi connectivity index (χ4v) is 3.51. The SMILES string of the molecule is C=CC(=O)CC(C)COc1ccc(OC(=O)c2ccc(C(=O)Oc3ccc(OC(C)COC(=O)C=C)cc3)cc2)cc1. The molecule has 0 radical (unpaired) electrons. The average molecular weight is 573 g/mol. The highest BCUT2D eigenvalue weighted by atomic mass is 16.6. The van der Waals surface area contributed by atoms with E-state index in [1.54, 1.807) is 55.5 Å². The molecule has 218 valence electrons. The van der Waals surface area contributed by atoms with Gasteiger partial charge in [0.15, 0.2) is 5.78 Å². The van der Waals surface area contributed by atoms with E-state index in [-0.39, 0.29) is 35.5 Å². The predicted molar refractivity (Wildman–Crippen MR) is 155 cm³/mol. The normalized spacial score (nSPS) is 11.8. The number of hydrogen-bond donors (Lipinski definition) is 0. The van der Waals surface area contributed by atoms with Crippen molar-refractivity contribution in [3.8, 4) is 23.0 Å². The molecule has 3 rings (SSSR count). The van der Waals surface area contributed by atoms with Crippen molar-refractivity contribution in [2.45, 2.75) is 26.4 Å². The van der Waals surface area contributed by atoms with Crippen molar-refractivity contribution in [3.63, 3.8) is 0 Å². The Bertz CT molecular complexity index is 1390. The van der Waals surface area contributed by atoms with Gasteiger partial charge in [-0.2, -0.15) is 0 Å². The average Bonchev–Trinajstić information content (AvgIpc) is 3.00. The smallest absolute Gasteiger partial charge is 0.343 e. The van der Waals surface area contributed by atoms with E-state index in [2.05, 4.69) is 13.2 Å². The number of ketones is 1. The molecule has 0 aliphatic carbocycles. The molecule has 0 aliphatic rings. The van der Waals surface area contributed by atoms with Gasteiger partial charge in [-0.3, -0.25) is 4.79 Å². The van der Waals surface area contributed by atoms with E-state index in [4.69, 9.17) is 23.7 Å². The van der Waals surface area contributed by atoms with E-state index in [0.29, 0.717) is 36.0 Å². The largest absolute Gasteiger partial charge is 0.493 e. The zero-order chi connectivity index (χ0) is 30.5. The van der Waals surface area contributed by atoms with Gasteiger partial charge in [0.05, 0.1) is 17.7 Å². The van der Waals surface area contributed by atoms with Gasteiger partial charge in [-0.15, -0.1) is 0 Å². The first-order valence-corrected chi connectivity index (χ1v) is 13.1. The Morgan fingerprint density at radius 1 is 0.667 bits per heavy atom. The Labute approximate surface area is 244 Å². The van der Waals surface area contributed by atoms with Gasteiger partial charge in [0.1, 0.15) is 35.7 Å². The second-order valence-electron chi connectivity index (χ2n) is 9.35. The minimum absolute atomic E-state index is 0.0329. The highest BCUT2D eigenvalue weighted by Gasteiger charge is 2.14. The van der Waals surface area contributed by atoms with Crippen molar-refractivity contribution in [3.05, 3.63) is 109 Å². The Morgan fingerprint density at radius 2 is 1.14 bits per heavy atom. The zero-order valence-electron chi connectivity index (χ0n) is 23.4. The second-order valence-corrected chi connectivity index (χ2v) is 9.35. The van der Waals surface area contributed by atoms with E-state index in [1.807, 2.05) is 6.92 Å². The summed E-state index contributed by atoms with van der Waals surface area (Å²) in [5, 5.41) is 0. The maximum absolute atomic E-state index is 12.6. The van der Waals surface area contributed by atoms with Crippen LogP contribution in [0.4, 0.5) is 0 Å². The van der Waals surface area contributed by atoms with Gasteiger partial charge in [0.25, 0.3) is 0 Å². The van der Waals surface area contributed by atoms with Gasteiger partial charge >= 0.3 is 17.9 Å². The lowest BCUT2D eigenvalue weighted by atomic mass is 10.1. The summed E-state index contributed by atoms with van der Waals surface area (Å²) in [6, 6.07) is 18.8. The highest BCUT2D eigenvalue weighted by Crippen LogP contribution is 2.22. The van der Waals surface area contributed by atoms with Crippen molar-refractivity contribution in [2.24, 2.45) is 5.92 Å². The van der Waals surface area contributed by atoms with E-state index >= 15 is 0 Å². The lowest BCUT2D eigenvalue weighted by Crippen LogP contribution is -2.20. The standard InChI is InChI=1S/C33H32O9/c1-5-26(34)19-22(3)20-38-27-11-13-29(14-12-27)41-32(36)24-7-9-25(10-8-24)33(37)42-30-17-15-28(16-18-30)40-23(4)21-39-31(35)6-2/h5-18,22-23H,1-2,19-21H2,3-4H3. The molecule has 0 amide bonds. The van der Waals surface area contributed by atoms with Crippen LogP contribution < -0.4 is 18.9 Å². The monoisotopic (exact) mass is 572 g/mol. The minimum Gasteiger partial charge on any atom is -0.493 e. The Balaban J connectivity index is 1.47. The fourth-order valence-electron chi connectivity index (χ4n) is 3.51. The first kappa shape index (κ1) is 31.3. The first-order valence-electron chi connectivity index (χ1n) is 13.1. The maximum atomic E-state index is 12.6. The number of hydrogen-bond acceptors (Lipinski definition) is 9. The van der Waals surface area contributed by atoms with Crippen molar-refractivity contribution < 1.29 is 42.9 Å². The number of esters is 3. The molecule has 0 fully saturated rings. The number of rotatable bonds is 15. The van der Waals surface area contributed by atoms with Crippen molar-refractivity contribution in [2.75, 3.05) is 13.2 Å². The Hall–Kier alpha value is -5.18. The lowest BCUT2D eigenvalue weighted by Gasteiger charge is -2.14. The van der Waals surface area contributed by atoms with Crippen molar-refractivity contribution in [1.29, 1.82) is 0 Å². The van der Waals surface area contributed by atoms with Crippen molar-refractivity contribution >= 4 is 23.7 Å². The van der Waals surface area contributed by atoms with Crippen LogP contribution in [0.3, 0.4) is 0 Å². The molecule has 9 nitrogen and oxygen atoms in total. The molecule has 2 atom stereocenters.